The van der Waals surface area contributed by atoms with Crippen LogP contribution in [0.4, 0.5) is 0 Å². The van der Waals surface area contributed by atoms with E-state index >= 15 is 0 Å². The lowest BCUT2D eigenvalue weighted by molar-refractivity contribution is 0.0963. The topological polar surface area (TPSA) is 9.72 Å². The van der Waals surface area contributed by atoms with E-state index in [2.05, 4.69) is 21.6 Å². The highest BCUT2D eigenvalue weighted by Crippen LogP contribution is 2.24. The van der Waals surface area contributed by atoms with Crippen LogP contribution in [-0.4, -0.2) is 73.1 Å². The highest BCUT2D eigenvalue weighted by Gasteiger charge is 2.28. The van der Waals surface area contributed by atoms with Gasteiger partial charge in [0.15, 0.2) is 0 Å². The van der Waals surface area contributed by atoms with E-state index in [0.29, 0.717) is 0 Å². The van der Waals surface area contributed by atoms with E-state index < -0.39 is 0 Å². The highest BCUT2D eigenvalue weighted by atomic mass is 15.2. The van der Waals surface area contributed by atoms with Gasteiger partial charge >= 0.3 is 0 Å². The fourth-order valence-corrected chi connectivity index (χ4v) is 4.42. The molecule has 0 amide bonds. The number of rotatable bonds is 4. The Labute approximate surface area is 125 Å². The highest BCUT2D eigenvalue weighted by molar-refractivity contribution is 4.84. The summed E-state index contributed by atoms with van der Waals surface area (Å²) in [6, 6.07) is 0.913. The Balaban J connectivity index is 1.36. The first kappa shape index (κ1) is 14.8. The van der Waals surface area contributed by atoms with Crippen molar-refractivity contribution in [3.8, 4) is 0 Å². The molecule has 3 heterocycles. The molecule has 20 heavy (non-hydrogen) atoms. The van der Waals surface area contributed by atoms with Crippen LogP contribution < -0.4 is 0 Å². The van der Waals surface area contributed by atoms with Crippen molar-refractivity contribution in [1.82, 2.24) is 14.7 Å². The normalized spacial score (nSPS) is 29.2. The molecule has 3 saturated heterocycles. The Bertz CT molecular complexity index is 272. The van der Waals surface area contributed by atoms with Gasteiger partial charge in [0.05, 0.1) is 0 Å². The molecule has 3 aliphatic rings. The molecule has 3 aliphatic heterocycles. The Morgan fingerprint density at radius 1 is 0.750 bits per heavy atom. The molecule has 0 aliphatic carbocycles. The van der Waals surface area contributed by atoms with Crippen LogP contribution >= 0.6 is 0 Å². The van der Waals surface area contributed by atoms with Crippen LogP contribution in [0.1, 0.15) is 45.4 Å². The molecule has 116 valence electrons. The summed E-state index contributed by atoms with van der Waals surface area (Å²) in [6.07, 6.45) is 8.59. The van der Waals surface area contributed by atoms with E-state index in [9.17, 15) is 0 Å². The van der Waals surface area contributed by atoms with Crippen molar-refractivity contribution in [3.05, 3.63) is 0 Å². The van der Waals surface area contributed by atoms with E-state index in [-0.39, 0.29) is 0 Å². The third-order valence-electron chi connectivity index (χ3n) is 5.88. The summed E-state index contributed by atoms with van der Waals surface area (Å²) >= 11 is 0. The first-order valence-corrected chi connectivity index (χ1v) is 9.04. The van der Waals surface area contributed by atoms with Gasteiger partial charge in [-0.2, -0.15) is 0 Å². The van der Waals surface area contributed by atoms with Crippen molar-refractivity contribution < 1.29 is 0 Å². The summed E-state index contributed by atoms with van der Waals surface area (Å²) < 4.78 is 0. The van der Waals surface area contributed by atoms with Crippen LogP contribution in [0.3, 0.4) is 0 Å². The van der Waals surface area contributed by atoms with Crippen molar-refractivity contribution >= 4 is 0 Å². The van der Waals surface area contributed by atoms with Gasteiger partial charge in [0.2, 0.25) is 0 Å². The lowest BCUT2D eigenvalue weighted by atomic mass is 9.94. The zero-order valence-electron chi connectivity index (χ0n) is 13.4. The number of hydrogen-bond acceptors (Lipinski definition) is 3. The van der Waals surface area contributed by atoms with Crippen molar-refractivity contribution in [2.24, 2.45) is 5.92 Å². The molecular weight excluding hydrogens is 246 g/mol. The molecular formula is C17H33N3. The lowest BCUT2D eigenvalue weighted by Gasteiger charge is -2.39. The van der Waals surface area contributed by atoms with Gasteiger partial charge in [-0.15, -0.1) is 0 Å². The first-order chi connectivity index (χ1) is 9.85. The predicted molar refractivity (Wildman–Crippen MR) is 85.1 cm³/mol. The monoisotopic (exact) mass is 279 g/mol. The van der Waals surface area contributed by atoms with Crippen LogP contribution in [0.15, 0.2) is 0 Å². The molecule has 0 N–H and O–H groups in total. The summed E-state index contributed by atoms with van der Waals surface area (Å²) in [6.45, 7) is 13.1. The molecule has 0 aromatic carbocycles. The van der Waals surface area contributed by atoms with Crippen LogP contribution in [0, 0.1) is 5.92 Å². The number of piperidine rings is 2. The van der Waals surface area contributed by atoms with E-state index in [0.717, 1.165) is 12.0 Å². The van der Waals surface area contributed by atoms with Gasteiger partial charge in [-0.05, 0) is 90.3 Å². The zero-order chi connectivity index (χ0) is 13.8. The molecule has 0 saturated carbocycles. The number of nitrogens with zero attached hydrogens (tertiary/aromatic N) is 3. The molecule has 3 fully saturated rings. The van der Waals surface area contributed by atoms with Gasteiger partial charge in [0, 0.05) is 12.6 Å². The summed E-state index contributed by atoms with van der Waals surface area (Å²) in [5, 5.41) is 0. The SMILES string of the molecule is CCN1CCC(CN2CCC(N3CCCC3)CC2)CC1. The van der Waals surface area contributed by atoms with Gasteiger partial charge in [0.25, 0.3) is 0 Å². The largest absolute Gasteiger partial charge is 0.304 e. The molecule has 0 unspecified atom stereocenters. The molecule has 3 nitrogen and oxygen atoms in total. The Morgan fingerprint density at radius 2 is 1.35 bits per heavy atom. The summed E-state index contributed by atoms with van der Waals surface area (Å²) in [4.78, 5) is 8.13. The van der Waals surface area contributed by atoms with Gasteiger partial charge in [-0.25, -0.2) is 0 Å². The molecule has 3 heteroatoms. The predicted octanol–water partition coefficient (Wildman–Crippen LogP) is 2.28. The standard InChI is InChI=1S/C17H33N3/c1-2-18-11-5-16(6-12-18)15-19-13-7-17(8-14-19)20-9-3-4-10-20/h16-17H,2-15H2,1H3. The summed E-state index contributed by atoms with van der Waals surface area (Å²) in [5.74, 6) is 0.973. The minimum atomic E-state index is 0.913. The van der Waals surface area contributed by atoms with E-state index in [1.807, 2.05) is 0 Å². The third-order valence-corrected chi connectivity index (χ3v) is 5.88. The second kappa shape index (κ2) is 7.24. The second-order valence-corrected chi connectivity index (χ2v) is 7.15. The Kier molecular flexibility index (Phi) is 5.36. The minimum Gasteiger partial charge on any atom is -0.304 e. The lowest BCUT2D eigenvalue weighted by Crippen LogP contribution is -2.46. The molecule has 3 rings (SSSR count). The van der Waals surface area contributed by atoms with E-state index in [1.165, 1.54) is 90.9 Å². The maximum atomic E-state index is 2.76. The second-order valence-electron chi connectivity index (χ2n) is 7.15. The Morgan fingerprint density at radius 3 is 1.95 bits per heavy atom. The van der Waals surface area contributed by atoms with Crippen molar-refractivity contribution in [1.29, 1.82) is 0 Å². The molecule has 0 bridgehead atoms. The van der Waals surface area contributed by atoms with Crippen molar-refractivity contribution in [2.75, 3.05) is 52.4 Å². The van der Waals surface area contributed by atoms with Crippen molar-refractivity contribution in [3.63, 3.8) is 0 Å². The van der Waals surface area contributed by atoms with Crippen LogP contribution in [-0.2, 0) is 0 Å². The quantitative estimate of drug-likeness (QED) is 0.782. The summed E-state index contributed by atoms with van der Waals surface area (Å²) in [5.41, 5.74) is 0. The average Bonchev–Trinajstić information content (AvgIpc) is 3.03. The van der Waals surface area contributed by atoms with E-state index in [4.69, 9.17) is 0 Å². The van der Waals surface area contributed by atoms with Crippen LogP contribution in [0.5, 0.6) is 0 Å². The molecule has 0 aromatic heterocycles. The molecule has 0 radical (unpaired) electrons. The molecule has 0 aromatic rings. The average molecular weight is 279 g/mol. The number of hydrogen-bond donors (Lipinski definition) is 0. The van der Waals surface area contributed by atoms with E-state index in [1.54, 1.807) is 0 Å². The number of likely N-dealkylation sites (tertiary alicyclic amines) is 3. The van der Waals surface area contributed by atoms with Crippen LogP contribution in [0.25, 0.3) is 0 Å². The first-order valence-electron chi connectivity index (χ1n) is 9.04. The molecule has 0 atom stereocenters. The summed E-state index contributed by atoms with van der Waals surface area (Å²) in [7, 11) is 0. The fraction of sp³-hybridized carbons (Fsp3) is 1.00. The maximum absolute atomic E-state index is 2.76. The van der Waals surface area contributed by atoms with Gasteiger partial charge in [-0.3, -0.25) is 0 Å². The van der Waals surface area contributed by atoms with Gasteiger partial charge < -0.3 is 14.7 Å². The minimum absolute atomic E-state index is 0.913. The van der Waals surface area contributed by atoms with Gasteiger partial charge in [-0.1, -0.05) is 6.92 Å². The molecule has 0 spiro atoms. The van der Waals surface area contributed by atoms with Gasteiger partial charge in [0.1, 0.15) is 0 Å². The fourth-order valence-electron chi connectivity index (χ4n) is 4.42. The smallest absolute Gasteiger partial charge is 0.0120 e. The van der Waals surface area contributed by atoms with Crippen LogP contribution in [0.2, 0.25) is 0 Å². The zero-order valence-corrected chi connectivity index (χ0v) is 13.4. The Hall–Kier alpha value is -0.120. The van der Waals surface area contributed by atoms with Crippen molar-refractivity contribution in [2.45, 2.75) is 51.5 Å². The third kappa shape index (κ3) is 3.75. The maximum Gasteiger partial charge on any atom is 0.0120 e.